The maximum atomic E-state index is 11.6. The highest BCUT2D eigenvalue weighted by atomic mass is 16.1. The molecule has 0 unspecified atom stereocenters. The second-order valence-electron chi connectivity index (χ2n) is 4.78. The third-order valence-electron chi connectivity index (χ3n) is 2.67. The van der Waals surface area contributed by atoms with Crippen molar-refractivity contribution in [3.8, 4) is 0 Å². The Kier molecular flexibility index (Phi) is 5.53. The fourth-order valence-electron chi connectivity index (χ4n) is 1.66. The van der Waals surface area contributed by atoms with E-state index in [1.807, 2.05) is 18.2 Å². The molecule has 0 aliphatic carbocycles. The third-order valence-corrected chi connectivity index (χ3v) is 2.67. The van der Waals surface area contributed by atoms with Crippen LogP contribution >= 0.6 is 0 Å². The van der Waals surface area contributed by atoms with E-state index >= 15 is 0 Å². The molecule has 0 spiro atoms. The molecule has 17 heavy (non-hydrogen) atoms. The highest BCUT2D eigenvalue weighted by molar-refractivity contribution is 5.93. The Morgan fingerprint density at radius 2 is 2.00 bits per heavy atom. The van der Waals surface area contributed by atoms with Crippen LogP contribution in [-0.2, 0) is 4.79 Å². The zero-order chi connectivity index (χ0) is 12.7. The van der Waals surface area contributed by atoms with Crippen molar-refractivity contribution in [3.63, 3.8) is 0 Å². The van der Waals surface area contributed by atoms with Gasteiger partial charge in [-0.05, 0) is 24.5 Å². The molecule has 0 heterocycles. The summed E-state index contributed by atoms with van der Waals surface area (Å²) in [5.74, 6) is 0.759. The lowest BCUT2D eigenvalue weighted by Gasteiger charge is -2.08. The summed E-state index contributed by atoms with van der Waals surface area (Å²) < 4.78 is 0. The van der Waals surface area contributed by atoms with Gasteiger partial charge in [-0.3, -0.25) is 4.79 Å². The van der Waals surface area contributed by atoms with Gasteiger partial charge in [0.15, 0.2) is 0 Å². The van der Waals surface area contributed by atoms with Gasteiger partial charge in [0.25, 0.3) is 0 Å². The van der Waals surface area contributed by atoms with Crippen molar-refractivity contribution in [2.75, 3.05) is 11.1 Å². The Labute approximate surface area is 103 Å². The average molecular weight is 234 g/mol. The second-order valence-corrected chi connectivity index (χ2v) is 4.78. The van der Waals surface area contributed by atoms with Gasteiger partial charge >= 0.3 is 0 Å². The fraction of sp³-hybridized carbons (Fsp3) is 0.500. The standard InChI is InChI=1S/C14H22N2O/c1-11(2)7-3-6-10-14(17)16-13-9-5-4-8-12(13)15/h4-5,8-9,11H,3,6-7,10,15H2,1-2H3,(H,16,17). The number of carbonyl (C=O) groups excluding carboxylic acids is 1. The maximum Gasteiger partial charge on any atom is 0.224 e. The fourth-order valence-corrected chi connectivity index (χ4v) is 1.66. The lowest BCUT2D eigenvalue weighted by atomic mass is 10.1. The number of nitrogens with one attached hydrogen (secondary N) is 1. The van der Waals surface area contributed by atoms with Gasteiger partial charge in [0.05, 0.1) is 11.4 Å². The minimum absolute atomic E-state index is 0.0478. The third kappa shape index (κ3) is 5.38. The van der Waals surface area contributed by atoms with Crippen LogP contribution in [-0.4, -0.2) is 5.91 Å². The molecule has 0 aromatic heterocycles. The number of hydrogen-bond donors (Lipinski definition) is 2. The van der Waals surface area contributed by atoms with E-state index in [0.29, 0.717) is 23.7 Å². The molecule has 0 aliphatic heterocycles. The molecule has 1 rings (SSSR count). The molecule has 94 valence electrons. The van der Waals surface area contributed by atoms with Crippen molar-refractivity contribution in [2.45, 2.75) is 39.5 Å². The first-order chi connectivity index (χ1) is 8.09. The van der Waals surface area contributed by atoms with Crippen LogP contribution in [0.3, 0.4) is 0 Å². The van der Waals surface area contributed by atoms with E-state index in [9.17, 15) is 4.79 Å². The minimum Gasteiger partial charge on any atom is -0.397 e. The molecule has 0 atom stereocenters. The van der Waals surface area contributed by atoms with Gasteiger partial charge in [-0.1, -0.05) is 38.8 Å². The van der Waals surface area contributed by atoms with Crippen molar-refractivity contribution in [1.29, 1.82) is 0 Å². The molecule has 0 bridgehead atoms. The second kappa shape index (κ2) is 6.94. The number of benzene rings is 1. The summed E-state index contributed by atoms with van der Waals surface area (Å²) in [6.45, 7) is 4.40. The Hall–Kier alpha value is -1.51. The smallest absolute Gasteiger partial charge is 0.224 e. The van der Waals surface area contributed by atoms with Crippen LogP contribution in [0.5, 0.6) is 0 Å². The van der Waals surface area contributed by atoms with Gasteiger partial charge < -0.3 is 11.1 Å². The van der Waals surface area contributed by atoms with Crippen molar-refractivity contribution < 1.29 is 4.79 Å². The Morgan fingerprint density at radius 1 is 1.29 bits per heavy atom. The van der Waals surface area contributed by atoms with Gasteiger partial charge in [-0.25, -0.2) is 0 Å². The predicted molar refractivity (Wildman–Crippen MR) is 72.8 cm³/mol. The normalized spacial score (nSPS) is 10.5. The zero-order valence-corrected chi connectivity index (χ0v) is 10.7. The molecule has 3 nitrogen and oxygen atoms in total. The summed E-state index contributed by atoms with van der Waals surface area (Å²) in [7, 11) is 0. The quantitative estimate of drug-likeness (QED) is 0.585. The number of amides is 1. The highest BCUT2D eigenvalue weighted by Crippen LogP contribution is 2.17. The van der Waals surface area contributed by atoms with Gasteiger partial charge in [0.1, 0.15) is 0 Å². The highest BCUT2D eigenvalue weighted by Gasteiger charge is 2.04. The summed E-state index contributed by atoms with van der Waals surface area (Å²) in [5.41, 5.74) is 7.07. The van der Waals surface area contributed by atoms with Crippen LogP contribution in [0.4, 0.5) is 11.4 Å². The Bertz CT molecular complexity index is 361. The van der Waals surface area contributed by atoms with E-state index in [1.54, 1.807) is 6.07 Å². The molecule has 3 N–H and O–H groups in total. The van der Waals surface area contributed by atoms with E-state index in [4.69, 9.17) is 5.73 Å². The summed E-state index contributed by atoms with van der Waals surface area (Å²) in [6, 6.07) is 7.33. The first kappa shape index (κ1) is 13.6. The maximum absolute atomic E-state index is 11.6. The van der Waals surface area contributed by atoms with Crippen LogP contribution in [0.2, 0.25) is 0 Å². The lowest BCUT2D eigenvalue weighted by molar-refractivity contribution is -0.116. The van der Waals surface area contributed by atoms with E-state index in [2.05, 4.69) is 19.2 Å². The summed E-state index contributed by atoms with van der Waals surface area (Å²) in [6.07, 6.45) is 3.80. The average Bonchev–Trinajstić information content (AvgIpc) is 2.27. The van der Waals surface area contributed by atoms with Crippen LogP contribution < -0.4 is 11.1 Å². The number of carbonyl (C=O) groups is 1. The van der Waals surface area contributed by atoms with Crippen molar-refractivity contribution in [1.82, 2.24) is 0 Å². The molecule has 0 saturated heterocycles. The number of unbranched alkanes of at least 4 members (excludes halogenated alkanes) is 1. The number of nitrogen functional groups attached to an aromatic ring is 1. The number of anilines is 2. The molecule has 1 amide bonds. The predicted octanol–water partition coefficient (Wildman–Crippen LogP) is 3.42. The van der Waals surface area contributed by atoms with Crippen molar-refractivity contribution in [2.24, 2.45) is 5.92 Å². The molecule has 0 fully saturated rings. The SMILES string of the molecule is CC(C)CCCCC(=O)Nc1ccccc1N. The lowest BCUT2D eigenvalue weighted by Crippen LogP contribution is -2.12. The first-order valence-corrected chi connectivity index (χ1v) is 6.24. The molecular weight excluding hydrogens is 212 g/mol. The zero-order valence-electron chi connectivity index (χ0n) is 10.7. The van der Waals surface area contributed by atoms with E-state index < -0.39 is 0 Å². The van der Waals surface area contributed by atoms with Gasteiger partial charge in [-0.2, -0.15) is 0 Å². The molecule has 0 aliphatic rings. The topological polar surface area (TPSA) is 55.1 Å². The van der Waals surface area contributed by atoms with Gasteiger partial charge in [0.2, 0.25) is 5.91 Å². The van der Waals surface area contributed by atoms with E-state index in [-0.39, 0.29) is 5.91 Å². The Balaban J connectivity index is 2.28. The van der Waals surface area contributed by atoms with Crippen molar-refractivity contribution >= 4 is 17.3 Å². The molecule has 1 aromatic carbocycles. The van der Waals surface area contributed by atoms with Crippen LogP contribution in [0.15, 0.2) is 24.3 Å². The number of rotatable bonds is 6. The molecule has 1 aromatic rings. The molecule has 0 radical (unpaired) electrons. The number of para-hydroxylation sites is 2. The monoisotopic (exact) mass is 234 g/mol. The summed E-state index contributed by atoms with van der Waals surface area (Å²) in [5, 5.41) is 2.83. The first-order valence-electron chi connectivity index (χ1n) is 6.24. The van der Waals surface area contributed by atoms with E-state index in [0.717, 1.165) is 12.8 Å². The van der Waals surface area contributed by atoms with Crippen LogP contribution in [0, 0.1) is 5.92 Å². The largest absolute Gasteiger partial charge is 0.397 e. The molecular formula is C14H22N2O. The van der Waals surface area contributed by atoms with Crippen LogP contribution in [0.1, 0.15) is 39.5 Å². The summed E-state index contributed by atoms with van der Waals surface area (Å²) >= 11 is 0. The number of hydrogen-bond acceptors (Lipinski definition) is 2. The summed E-state index contributed by atoms with van der Waals surface area (Å²) in [4.78, 5) is 11.6. The van der Waals surface area contributed by atoms with E-state index in [1.165, 1.54) is 6.42 Å². The molecule has 3 heteroatoms. The minimum atomic E-state index is 0.0478. The number of nitrogens with two attached hydrogens (primary N) is 1. The van der Waals surface area contributed by atoms with Gasteiger partial charge in [-0.15, -0.1) is 0 Å². The Morgan fingerprint density at radius 3 is 2.65 bits per heavy atom. The van der Waals surface area contributed by atoms with Crippen molar-refractivity contribution in [3.05, 3.63) is 24.3 Å². The van der Waals surface area contributed by atoms with Gasteiger partial charge in [0, 0.05) is 6.42 Å². The molecule has 0 saturated carbocycles. The van der Waals surface area contributed by atoms with Crippen LogP contribution in [0.25, 0.3) is 0 Å².